The Morgan fingerprint density at radius 1 is 1.50 bits per heavy atom. The van der Waals surface area contributed by atoms with E-state index in [9.17, 15) is 4.79 Å². The fourth-order valence-electron chi connectivity index (χ4n) is 2.85. The van der Waals surface area contributed by atoms with Crippen molar-refractivity contribution in [3.05, 3.63) is 0 Å². The van der Waals surface area contributed by atoms with Crippen LogP contribution in [-0.4, -0.2) is 41.0 Å². The number of ether oxygens (including phenoxy) is 1. The Morgan fingerprint density at radius 2 is 2.21 bits per heavy atom. The molecule has 0 spiro atoms. The van der Waals surface area contributed by atoms with Crippen molar-refractivity contribution >= 4 is 28.6 Å². The Morgan fingerprint density at radius 3 is 2.86 bits per heavy atom. The van der Waals surface area contributed by atoms with Crippen molar-refractivity contribution in [2.45, 2.75) is 35.3 Å². The first-order chi connectivity index (χ1) is 6.65. The van der Waals surface area contributed by atoms with Crippen LogP contribution >= 0.6 is 22.6 Å². The number of esters is 1. The van der Waals surface area contributed by atoms with Gasteiger partial charge in [-0.05, 0) is 26.3 Å². The number of carbonyl (C=O) groups excluding carboxylic acids is 1. The molecule has 0 radical (unpaired) electrons. The third-order valence-electron chi connectivity index (χ3n) is 3.67. The van der Waals surface area contributed by atoms with Crippen LogP contribution in [0.25, 0.3) is 0 Å². The number of fused-ring (bicyclic) bond motifs is 2. The van der Waals surface area contributed by atoms with Crippen LogP contribution in [0.15, 0.2) is 0 Å². The molecule has 2 fully saturated rings. The fraction of sp³-hybridized carbons (Fsp3) is 0.900. The van der Waals surface area contributed by atoms with Gasteiger partial charge in [-0.3, -0.25) is 9.69 Å². The smallest absolute Gasteiger partial charge is 0.311 e. The van der Waals surface area contributed by atoms with Gasteiger partial charge in [0.1, 0.15) is 0 Å². The van der Waals surface area contributed by atoms with E-state index in [0.717, 1.165) is 12.8 Å². The van der Waals surface area contributed by atoms with Gasteiger partial charge in [0.25, 0.3) is 0 Å². The maximum Gasteiger partial charge on any atom is 0.311 e. The maximum atomic E-state index is 11.7. The van der Waals surface area contributed by atoms with Gasteiger partial charge in [0.15, 0.2) is 0 Å². The number of hydrogen-bond acceptors (Lipinski definition) is 3. The summed E-state index contributed by atoms with van der Waals surface area (Å²) in [6.07, 6.45) is 3.53. The second-order valence-electron chi connectivity index (χ2n) is 4.26. The van der Waals surface area contributed by atoms with E-state index in [4.69, 9.17) is 4.74 Å². The van der Waals surface area contributed by atoms with Crippen molar-refractivity contribution < 1.29 is 9.53 Å². The molecular formula is C10H16INO2. The van der Waals surface area contributed by atoms with E-state index in [1.807, 2.05) is 0 Å². The minimum atomic E-state index is -0.0263. The van der Waals surface area contributed by atoms with Crippen LogP contribution in [0.2, 0.25) is 0 Å². The Balaban J connectivity index is 2.18. The fourth-order valence-corrected chi connectivity index (χ4v) is 4.21. The molecule has 2 rings (SSSR count). The summed E-state index contributed by atoms with van der Waals surface area (Å²) in [4.78, 5) is 14.0. The molecule has 2 heterocycles. The van der Waals surface area contributed by atoms with E-state index in [-0.39, 0.29) is 11.9 Å². The Hall–Kier alpha value is 0.160. The van der Waals surface area contributed by atoms with E-state index in [1.54, 1.807) is 0 Å². The van der Waals surface area contributed by atoms with Crippen molar-refractivity contribution in [2.75, 3.05) is 14.2 Å². The van der Waals surface area contributed by atoms with Crippen molar-refractivity contribution in [2.24, 2.45) is 5.92 Å². The van der Waals surface area contributed by atoms with Crippen molar-refractivity contribution in [1.82, 2.24) is 4.90 Å². The van der Waals surface area contributed by atoms with Crippen LogP contribution in [0, 0.1) is 5.92 Å². The van der Waals surface area contributed by atoms with E-state index in [0.29, 0.717) is 16.0 Å². The lowest BCUT2D eigenvalue weighted by Crippen LogP contribution is -2.50. The van der Waals surface area contributed by atoms with Gasteiger partial charge in [-0.2, -0.15) is 0 Å². The van der Waals surface area contributed by atoms with Gasteiger partial charge < -0.3 is 4.74 Å². The van der Waals surface area contributed by atoms with Gasteiger partial charge in [0.05, 0.1) is 13.0 Å². The summed E-state index contributed by atoms with van der Waals surface area (Å²) in [5, 5.41) is 0. The molecule has 0 aromatic heterocycles. The number of alkyl halides is 1. The molecule has 2 saturated heterocycles. The molecule has 0 aliphatic carbocycles. The average Bonchev–Trinajstić information content (AvgIpc) is 2.42. The van der Waals surface area contributed by atoms with Crippen LogP contribution in [0.3, 0.4) is 0 Å². The Labute approximate surface area is 98.3 Å². The maximum absolute atomic E-state index is 11.7. The van der Waals surface area contributed by atoms with Gasteiger partial charge in [-0.25, -0.2) is 0 Å². The van der Waals surface area contributed by atoms with E-state index in [1.165, 1.54) is 13.5 Å². The predicted molar refractivity (Wildman–Crippen MR) is 62.5 cm³/mol. The van der Waals surface area contributed by atoms with Gasteiger partial charge in [-0.15, -0.1) is 0 Å². The molecule has 0 aromatic rings. The molecule has 4 heteroatoms. The molecule has 0 unspecified atom stereocenters. The monoisotopic (exact) mass is 305 g/mol. The minimum Gasteiger partial charge on any atom is -0.469 e. The van der Waals surface area contributed by atoms with Crippen LogP contribution in [0.1, 0.15) is 19.3 Å². The first-order valence-electron chi connectivity index (χ1n) is 5.09. The number of rotatable bonds is 1. The second-order valence-corrected chi connectivity index (χ2v) is 5.86. The number of hydrogen-bond donors (Lipinski definition) is 0. The second kappa shape index (κ2) is 3.96. The van der Waals surface area contributed by atoms with Gasteiger partial charge in [0.2, 0.25) is 0 Å². The largest absolute Gasteiger partial charge is 0.469 e. The summed E-state index contributed by atoms with van der Waals surface area (Å²) < 4.78 is 5.34. The van der Waals surface area contributed by atoms with Crippen LogP contribution in [0.5, 0.6) is 0 Å². The molecule has 80 valence electrons. The average molecular weight is 305 g/mol. The van der Waals surface area contributed by atoms with Crippen molar-refractivity contribution in [3.63, 3.8) is 0 Å². The highest BCUT2D eigenvalue weighted by molar-refractivity contribution is 14.1. The molecule has 0 amide bonds. The van der Waals surface area contributed by atoms with Crippen LogP contribution in [0.4, 0.5) is 0 Å². The summed E-state index contributed by atoms with van der Waals surface area (Å²) >= 11 is 2.41. The summed E-state index contributed by atoms with van der Waals surface area (Å²) in [6.45, 7) is 0. The Bertz CT molecular complexity index is 246. The number of carbonyl (C=O) groups is 1. The highest BCUT2D eigenvalue weighted by Gasteiger charge is 2.48. The number of halogens is 1. The molecule has 0 N–H and O–H groups in total. The lowest BCUT2D eigenvalue weighted by Gasteiger charge is -2.39. The normalized spacial score (nSPS) is 42.5. The summed E-state index contributed by atoms with van der Waals surface area (Å²) in [7, 11) is 3.63. The molecule has 0 aromatic carbocycles. The quantitative estimate of drug-likeness (QED) is 0.417. The molecule has 4 atom stereocenters. The zero-order chi connectivity index (χ0) is 10.3. The molecule has 2 bridgehead atoms. The zero-order valence-electron chi connectivity index (χ0n) is 8.57. The lowest BCUT2D eigenvalue weighted by atomic mass is 9.91. The Kier molecular flexibility index (Phi) is 3.02. The minimum absolute atomic E-state index is 0.0263. The van der Waals surface area contributed by atoms with Crippen molar-refractivity contribution in [1.29, 1.82) is 0 Å². The predicted octanol–water partition coefficient (Wildman–Crippen LogP) is 1.45. The first kappa shape index (κ1) is 10.7. The summed E-state index contributed by atoms with van der Waals surface area (Å²) in [6, 6.07) is 1.12. The lowest BCUT2D eigenvalue weighted by molar-refractivity contribution is -0.148. The molecule has 14 heavy (non-hydrogen) atoms. The van der Waals surface area contributed by atoms with Crippen molar-refractivity contribution in [3.8, 4) is 0 Å². The first-order valence-corrected chi connectivity index (χ1v) is 6.33. The molecule has 2 aliphatic heterocycles. The zero-order valence-corrected chi connectivity index (χ0v) is 10.7. The SMILES string of the molecule is COC(=O)[C@@H]1[C@H]2CC[C@@H](C[C@@H]1[123I])N2C. The van der Waals surface area contributed by atoms with E-state index < -0.39 is 0 Å². The number of nitrogens with zero attached hydrogens (tertiary/aromatic N) is 1. The van der Waals surface area contributed by atoms with Crippen LogP contribution < -0.4 is 0 Å². The highest BCUT2D eigenvalue weighted by atomic mass is 123. The van der Waals surface area contributed by atoms with Gasteiger partial charge in [-0.1, -0.05) is 22.6 Å². The van der Waals surface area contributed by atoms with E-state index in [2.05, 4.69) is 34.5 Å². The third-order valence-corrected chi connectivity index (χ3v) is 4.95. The molecule has 0 saturated carbocycles. The summed E-state index contributed by atoms with van der Waals surface area (Å²) in [5.41, 5.74) is 0. The standard InChI is InChI=1S/C10H16INO2/c1-12-6-3-4-8(12)9(7(11)5-6)10(13)14-2/h6-9H,3-5H2,1-2H3/t6-,7-,8+,9-/m0/s1/i11-4. The molecule has 2 aliphatic rings. The van der Waals surface area contributed by atoms with Crippen LogP contribution in [-0.2, 0) is 9.53 Å². The van der Waals surface area contributed by atoms with Gasteiger partial charge >= 0.3 is 5.97 Å². The number of piperidine rings is 1. The molecule has 3 nitrogen and oxygen atoms in total. The van der Waals surface area contributed by atoms with Gasteiger partial charge in [0, 0.05) is 16.0 Å². The number of methoxy groups -OCH3 is 1. The summed E-state index contributed by atoms with van der Waals surface area (Å²) in [5.74, 6) is 0.0611. The third kappa shape index (κ3) is 1.56. The molecular weight excluding hydrogens is 289 g/mol. The topological polar surface area (TPSA) is 29.5 Å². The highest BCUT2D eigenvalue weighted by Crippen LogP contribution is 2.41. The van der Waals surface area contributed by atoms with E-state index >= 15 is 0 Å².